The summed E-state index contributed by atoms with van der Waals surface area (Å²) < 4.78 is 5.83. The van der Waals surface area contributed by atoms with Gasteiger partial charge in [-0.2, -0.15) is 5.10 Å². The first-order valence-corrected chi connectivity index (χ1v) is 8.16. The fourth-order valence-corrected chi connectivity index (χ4v) is 3.76. The van der Waals surface area contributed by atoms with Crippen LogP contribution in [-0.2, 0) is 4.74 Å². The minimum absolute atomic E-state index is 0.113. The molecule has 2 aromatic rings. The lowest BCUT2D eigenvalue weighted by atomic mass is 9.90. The Hall–Kier alpha value is -2.21. The lowest BCUT2D eigenvalue weighted by Gasteiger charge is -2.43. The van der Waals surface area contributed by atoms with E-state index in [1.807, 2.05) is 11.0 Å². The molecule has 6 nitrogen and oxygen atoms in total. The Morgan fingerprint density at radius 3 is 2.87 bits per heavy atom. The predicted molar refractivity (Wildman–Crippen MR) is 85.4 cm³/mol. The number of ether oxygens (including phenoxy) is 1. The third kappa shape index (κ3) is 2.43. The highest BCUT2D eigenvalue weighted by Crippen LogP contribution is 2.29. The summed E-state index contributed by atoms with van der Waals surface area (Å²) in [7, 11) is 0. The Balaban J connectivity index is 1.74. The predicted octanol–water partition coefficient (Wildman–Crippen LogP) is 1.71. The Labute approximate surface area is 133 Å². The van der Waals surface area contributed by atoms with Crippen LogP contribution >= 0.6 is 0 Å². The van der Waals surface area contributed by atoms with E-state index >= 15 is 0 Å². The van der Waals surface area contributed by atoms with Crippen LogP contribution in [0.15, 0.2) is 29.1 Å². The maximum absolute atomic E-state index is 13.1. The number of nitrogens with zero attached hydrogens (tertiary/aromatic N) is 2. The number of carbonyl (C=O) groups is 1. The molecule has 6 heteroatoms. The number of benzene rings is 1. The Morgan fingerprint density at radius 1 is 1.22 bits per heavy atom. The summed E-state index contributed by atoms with van der Waals surface area (Å²) in [6.45, 7) is 1.14. The molecule has 2 fully saturated rings. The molecule has 1 aliphatic heterocycles. The number of hydrogen-bond donors (Lipinski definition) is 1. The molecule has 0 radical (unpaired) electrons. The van der Waals surface area contributed by atoms with Crippen LogP contribution in [0.5, 0.6) is 0 Å². The van der Waals surface area contributed by atoms with Crippen LogP contribution in [0.4, 0.5) is 0 Å². The molecule has 2 atom stereocenters. The van der Waals surface area contributed by atoms with E-state index in [4.69, 9.17) is 4.74 Å². The monoisotopic (exact) mass is 313 g/mol. The molecule has 1 aromatic heterocycles. The summed E-state index contributed by atoms with van der Waals surface area (Å²) in [5, 5.41) is 7.61. The molecule has 120 valence electrons. The van der Waals surface area contributed by atoms with Gasteiger partial charge in [-0.15, -0.1) is 0 Å². The molecule has 1 saturated carbocycles. The molecule has 1 aliphatic carbocycles. The van der Waals surface area contributed by atoms with Crippen molar-refractivity contribution >= 4 is 16.7 Å². The lowest BCUT2D eigenvalue weighted by Crippen LogP contribution is -2.55. The minimum atomic E-state index is -0.269. The molecule has 0 spiro atoms. The van der Waals surface area contributed by atoms with E-state index in [0.717, 1.165) is 25.7 Å². The average Bonchev–Trinajstić information content (AvgIpc) is 2.61. The van der Waals surface area contributed by atoms with Crippen molar-refractivity contribution in [2.75, 3.05) is 13.2 Å². The molecular formula is C17H19N3O3. The molecule has 2 aliphatic rings. The van der Waals surface area contributed by atoms with Gasteiger partial charge in [0.05, 0.1) is 24.1 Å². The topological polar surface area (TPSA) is 75.3 Å². The molecule has 4 rings (SSSR count). The molecule has 2 heterocycles. The number of H-pyrrole nitrogens is 1. The number of nitrogens with one attached hydrogen (secondary N) is 1. The van der Waals surface area contributed by atoms with Crippen LogP contribution in [0.2, 0.25) is 0 Å². The summed E-state index contributed by atoms with van der Waals surface area (Å²) in [5.74, 6) is -0.113. The van der Waals surface area contributed by atoms with Gasteiger partial charge < -0.3 is 9.64 Å². The first-order chi connectivity index (χ1) is 11.3. The van der Waals surface area contributed by atoms with Gasteiger partial charge in [0, 0.05) is 11.9 Å². The number of rotatable bonds is 1. The van der Waals surface area contributed by atoms with Gasteiger partial charge in [0.2, 0.25) is 0 Å². The van der Waals surface area contributed by atoms with E-state index < -0.39 is 0 Å². The molecule has 1 saturated heterocycles. The van der Waals surface area contributed by atoms with Crippen molar-refractivity contribution in [2.24, 2.45) is 0 Å². The molecular weight excluding hydrogens is 294 g/mol. The van der Waals surface area contributed by atoms with Crippen LogP contribution in [0.25, 0.3) is 10.8 Å². The highest BCUT2D eigenvalue weighted by atomic mass is 16.5. The molecule has 1 amide bonds. The normalized spacial score (nSPS) is 24.4. The van der Waals surface area contributed by atoms with Crippen molar-refractivity contribution in [3.05, 3.63) is 40.3 Å². The van der Waals surface area contributed by atoms with Crippen molar-refractivity contribution in [1.29, 1.82) is 0 Å². The fourth-order valence-electron chi connectivity index (χ4n) is 3.76. The highest BCUT2D eigenvalue weighted by Gasteiger charge is 2.37. The van der Waals surface area contributed by atoms with E-state index in [-0.39, 0.29) is 23.6 Å². The van der Waals surface area contributed by atoms with E-state index in [0.29, 0.717) is 29.6 Å². The van der Waals surface area contributed by atoms with Crippen molar-refractivity contribution in [2.45, 2.75) is 37.8 Å². The van der Waals surface area contributed by atoms with Crippen molar-refractivity contribution < 1.29 is 9.53 Å². The first kappa shape index (κ1) is 14.4. The summed E-state index contributed by atoms with van der Waals surface area (Å²) >= 11 is 0. The molecule has 23 heavy (non-hydrogen) atoms. The van der Waals surface area contributed by atoms with Gasteiger partial charge >= 0.3 is 0 Å². The summed E-state index contributed by atoms with van der Waals surface area (Å²) in [6.07, 6.45) is 4.39. The van der Waals surface area contributed by atoms with Crippen LogP contribution < -0.4 is 5.56 Å². The van der Waals surface area contributed by atoms with Gasteiger partial charge in [-0.3, -0.25) is 9.59 Å². The van der Waals surface area contributed by atoms with E-state index in [1.165, 1.54) is 0 Å². The quantitative estimate of drug-likeness (QED) is 0.869. The van der Waals surface area contributed by atoms with Crippen LogP contribution in [-0.4, -0.2) is 46.3 Å². The number of hydrogen-bond acceptors (Lipinski definition) is 4. The van der Waals surface area contributed by atoms with Crippen LogP contribution in [0.1, 0.15) is 36.2 Å². The average molecular weight is 313 g/mol. The van der Waals surface area contributed by atoms with E-state index in [1.54, 1.807) is 18.2 Å². The number of morpholine rings is 1. The number of fused-ring (bicyclic) bond motifs is 2. The zero-order valence-corrected chi connectivity index (χ0v) is 12.8. The molecule has 1 N–H and O–H groups in total. The summed E-state index contributed by atoms with van der Waals surface area (Å²) in [5.41, 5.74) is 0.0566. The van der Waals surface area contributed by atoms with Gasteiger partial charge in [0.1, 0.15) is 0 Å². The number of amides is 1. The van der Waals surface area contributed by atoms with Crippen molar-refractivity contribution in [1.82, 2.24) is 15.1 Å². The highest BCUT2D eigenvalue weighted by molar-refractivity contribution is 6.04. The van der Waals surface area contributed by atoms with Gasteiger partial charge in [0.15, 0.2) is 5.69 Å². The maximum Gasteiger partial charge on any atom is 0.275 e. The second kappa shape index (κ2) is 5.77. The molecule has 0 bridgehead atoms. The van der Waals surface area contributed by atoms with Crippen LogP contribution in [0, 0.1) is 0 Å². The third-order valence-corrected chi connectivity index (χ3v) is 4.89. The zero-order chi connectivity index (χ0) is 15.8. The van der Waals surface area contributed by atoms with Crippen molar-refractivity contribution in [3.8, 4) is 0 Å². The van der Waals surface area contributed by atoms with Crippen LogP contribution in [0.3, 0.4) is 0 Å². The Morgan fingerprint density at radius 2 is 2.00 bits per heavy atom. The Kier molecular flexibility index (Phi) is 3.61. The SMILES string of the molecule is O=C(c1n[nH]c(=O)c2ccccc12)N1CCO[C@@H]2CCCC[C@@H]21. The van der Waals surface area contributed by atoms with E-state index in [2.05, 4.69) is 10.2 Å². The third-order valence-electron chi connectivity index (χ3n) is 4.89. The number of aromatic nitrogens is 2. The molecule has 0 unspecified atom stereocenters. The van der Waals surface area contributed by atoms with Gasteiger partial charge in [0.25, 0.3) is 11.5 Å². The maximum atomic E-state index is 13.1. The van der Waals surface area contributed by atoms with E-state index in [9.17, 15) is 9.59 Å². The first-order valence-electron chi connectivity index (χ1n) is 8.16. The number of carbonyl (C=O) groups excluding carboxylic acids is 1. The van der Waals surface area contributed by atoms with Gasteiger partial charge in [-0.05, 0) is 18.9 Å². The zero-order valence-electron chi connectivity index (χ0n) is 12.8. The molecule has 1 aromatic carbocycles. The second-order valence-electron chi connectivity index (χ2n) is 6.21. The van der Waals surface area contributed by atoms with Gasteiger partial charge in [-0.25, -0.2) is 5.10 Å². The van der Waals surface area contributed by atoms with Gasteiger partial charge in [-0.1, -0.05) is 31.0 Å². The largest absolute Gasteiger partial charge is 0.374 e. The smallest absolute Gasteiger partial charge is 0.275 e. The standard InChI is InChI=1S/C17H19N3O3/c21-16-12-6-2-1-5-11(12)15(18-19-16)17(22)20-9-10-23-14-8-4-3-7-13(14)20/h1-2,5-6,13-14H,3-4,7-10H2,(H,19,21)/t13-,14+/m0/s1. The fraction of sp³-hybridized carbons (Fsp3) is 0.471. The summed E-state index contributed by atoms with van der Waals surface area (Å²) in [6, 6.07) is 7.23. The number of aromatic amines is 1. The summed E-state index contributed by atoms with van der Waals surface area (Å²) in [4.78, 5) is 26.8. The Bertz CT molecular complexity index is 799. The second-order valence-corrected chi connectivity index (χ2v) is 6.21. The van der Waals surface area contributed by atoms with Crippen molar-refractivity contribution in [3.63, 3.8) is 0 Å². The minimum Gasteiger partial charge on any atom is -0.374 e. The lowest BCUT2D eigenvalue weighted by molar-refractivity contribution is -0.0753.